The molecule has 0 spiro atoms. The van der Waals surface area contributed by atoms with Crippen molar-refractivity contribution in [3.05, 3.63) is 0 Å². The fraction of sp³-hybridized carbons (Fsp3) is 0.935. The van der Waals surface area contributed by atoms with Gasteiger partial charge in [-0.1, -0.05) is 53.9 Å². The highest BCUT2D eigenvalue weighted by molar-refractivity contribution is 5.94. The molecule has 4 aliphatic rings. The molecule has 4 aliphatic carbocycles. The van der Waals surface area contributed by atoms with Crippen molar-refractivity contribution in [2.24, 2.45) is 52.3 Å². The third kappa shape index (κ3) is 5.01. The van der Waals surface area contributed by atoms with Crippen molar-refractivity contribution in [2.75, 3.05) is 0 Å². The van der Waals surface area contributed by atoms with Crippen LogP contribution in [0.1, 0.15) is 125 Å². The summed E-state index contributed by atoms with van der Waals surface area (Å²) in [5.74, 6) is 5.58. The highest BCUT2D eigenvalue weighted by Gasteiger charge is 2.60. The molecule has 0 aromatic carbocycles. The molecule has 0 saturated heterocycles. The van der Waals surface area contributed by atoms with E-state index < -0.39 is 0 Å². The molecular weight excluding hydrogens is 420 g/mol. The number of rotatable bonds is 8. The topological polar surface area (TPSA) is 43.4 Å². The summed E-state index contributed by atoms with van der Waals surface area (Å²) in [5.41, 5.74) is 0.968. The Bertz CT molecular complexity index is 743. The van der Waals surface area contributed by atoms with Gasteiger partial charge in [-0.15, -0.1) is 0 Å². The summed E-state index contributed by atoms with van der Waals surface area (Å²) in [6.07, 6.45) is 15.8. The van der Waals surface area contributed by atoms with Crippen molar-refractivity contribution in [1.29, 1.82) is 0 Å². The van der Waals surface area contributed by atoms with Gasteiger partial charge in [-0.2, -0.15) is 0 Å². The molecule has 0 amide bonds. The number of Topliss-reactive ketones (excluding diaryl/α,β-unsaturated/α-hetero) is 1. The minimum absolute atomic E-state index is 0.0258. The predicted octanol–water partition coefficient (Wildman–Crippen LogP) is 8.00. The second-order valence-corrected chi connectivity index (χ2v) is 14.0. The third-order valence-electron chi connectivity index (χ3n) is 11.5. The molecule has 194 valence electrons. The van der Waals surface area contributed by atoms with Crippen LogP contribution < -0.4 is 0 Å². The standard InChI is InChI=1S/C31H52O3/c1-20(2)8-7-9-21(3)26-12-13-27-25-11-10-23-19-24(34-29(33)18-22(4)32)14-16-30(23,5)28(25)15-17-31(26,27)6/h20-21,23-28H,7-19H2,1-6H3/t21-,23-,24-,25+,26+,27-,28+,30-,31+/m0/s1. The van der Waals surface area contributed by atoms with Gasteiger partial charge < -0.3 is 4.74 Å². The van der Waals surface area contributed by atoms with E-state index in [2.05, 4.69) is 34.6 Å². The van der Waals surface area contributed by atoms with E-state index in [0.29, 0.717) is 16.7 Å². The Morgan fingerprint density at radius 1 is 0.882 bits per heavy atom. The highest BCUT2D eigenvalue weighted by Crippen LogP contribution is 2.68. The third-order valence-corrected chi connectivity index (χ3v) is 11.5. The molecule has 0 aliphatic heterocycles. The Morgan fingerprint density at radius 3 is 2.29 bits per heavy atom. The first-order valence-electron chi connectivity index (χ1n) is 14.7. The Morgan fingerprint density at radius 2 is 1.59 bits per heavy atom. The maximum atomic E-state index is 12.1. The zero-order chi connectivity index (χ0) is 24.7. The number of fused-ring (bicyclic) bond motifs is 5. The van der Waals surface area contributed by atoms with Gasteiger partial charge in [-0.05, 0) is 117 Å². The lowest BCUT2D eigenvalue weighted by molar-refractivity contribution is -0.163. The SMILES string of the molecule is CC(=O)CC(=O)O[C@H]1CC[C@@]2(C)[C@@H](CC[C@H]3[C@H]2CC[C@]2(C)[C@@H]([C@@H](C)CCCC(C)C)CC[C@@H]32)C1. The summed E-state index contributed by atoms with van der Waals surface area (Å²) in [5, 5.41) is 0. The molecule has 4 saturated carbocycles. The van der Waals surface area contributed by atoms with Crippen molar-refractivity contribution >= 4 is 11.8 Å². The molecular formula is C31H52O3. The number of esters is 1. The fourth-order valence-corrected chi connectivity index (χ4v) is 9.78. The van der Waals surface area contributed by atoms with Crippen molar-refractivity contribution in [1.82, 2.24) is 0 Å². The van der Waals surface area contributed by atoms with Crippen LogP contribution in [0.4, 0.5) is 0 Å². The minimum Gasteiger partial charge on any atom is -0.462 e. The fourth-order valence-electron chi connectivity index (χ4n) is 9.78. The molecule has 3 nitrogen and oxygen atoms in total. The van der Waals surface area contributed by atoms with Crippen LogP contribution in [0.15, 0.2) is 0 Å². The number of ketones is 1. The van der Waals surface area contributed by atoms with Gasteiger partial charge in [0.1, 0.15) is 18.3 Å². The Hall–Kier alpha value is -0.860. The van der Waals surface area contributed by atoms with Crippen LogP contribution in [0.25, 0.3) is 0 Å². The lowest BCUT2D eigenvalue weighted by Gasteiger charge is -2.61. The second-order valence-electron chi connectivity index (χ2n) is 14.0. The molecule has 0 unspecified atom stereocenters. The van der Waals surface area contributed by atoms with Crippen LogP contribution in [0.3, 0.4) is 0 Å². The van der Waals surface area contributed by atoms with Crippen LogP contribution in [-0.2, 0) is 14.3 Å². The zero-order valence-electron chi connectivity index (χ0n) is 23.0. The van der Waals surface area contributed by atoms with Gasteiger partial charge in [0.15, 0.2) is 0 Å². The first-order chi connectivity index (χ1) is 16.0. The number of ether oxygens (including phenoxy) is 1. The Kier molecular flexibility index (Phi) is 7.90. The number of hydrogen-bond acceptors (Lipinski definition) is 3. The van der Waals surface area contributed by atoms with E-state index in [-0.39, 0.29) is 24.3 Å². The normalized spacial score (nSPS) is 42.4. The van der Waals surface area contributed by atoms with Crippen LogP contribution >= 0.6 is 0 Å². The van der Waals surface area contributed by atoms with E-state index >= 15 is 0 Å². The van der Waals surface area contributed by atoms with Gasteiger partial charge >= 0.3 is 5.97 Å². The largest absolute Gasteiger partial charge is 0.462 e. The van der Waals surface area contributed by atoms with Gasteiger partial charge in [-0.3, -0.25) is 9.59 Å². The summed E-state index contributed by atoms with van der Waals surface area (Å²) in [6.45, 7) is 14.0. The van der Waals surface area contributed by atoms with Gasteiger partial charge in [0, 0.05) is 0 Å². The zero-order valence-corrected chi connectivity index (χ0v) is 23.0. The van der Waals surface area contributed by atoms with Gasteiger partial charge in [0.25, 0.3) is 0 Å². The first kappa shape index (κ1) is 26.2. The summed E-state index contributed by atoms with van der Waals surface area (Å²) in [4.78, 5) is 23.4. The van der Waals surface area contributed by atoms with Crippen molar-refractivity contribution in [2.45, 2.75) is 131 Å². The van der Waals surface area contributed by atoms with E-state index in [1.54, 1.807) is 0 Å². The monoisotopic (exact) mass is 472 g/mol. The summed E-state index contributed by atoms with van der Waals surface area (Å²) in [7, 11) is 0. The summed E-state index contributed by atoms with van der Waals surface area (Å²) in [6, 6.07) is 0. The molecule has 0 bridgehead atoms. The van der Waals surface area contributed by atoms with Crippen LogP contribution in [0.2, 0.25) is 0 Å². The van der Waals surface area contributed by atoms with Crippen molar-refractivity contribution in [3.63, 3.8) is 0 Å². The molecule has 4 rings (SSSR count). The smallest absolute Gasteiger partial charge is 0.313 e. The van der Waals surface area contributed by atoms with E-state index in [1.807, 2.05) is 0 Å². The van der Waals surface area contributed by atoms with Crippen molar-refractivity contribution in [3.8, 4) is 0 Å². The number of carbonyl (C=O) groups is 2. The van der Waals surface area contributed by atoms with E-state index in [4.69, 9.17) is 4.74 Å². The molecule has 9 atom stereocenters. The maximum absolute atomic E-state index is 12.1. The highest BCUT2D eigenvalue weighted by atomic mass is 16.5. The molecule has 34 heavy (non-hydrogen) atoms. The number of carbonyl (C=O) groups excluding carboxylic acids is 2. The minimum atomic E-state index is -0.317. The van der Waals surface area contributed by atoms with Crippen LogP contribution in [0, 0.1) is 52.3 Å². The van der Waals surface area contributed by atoms with Crippen LogP contribution in [-0.4, -0.2) is 17.9 Å². The molecule has 0 aromatic heterocycles. The Balaban J connectivity index is 1.39. The quantitative estimate of drug-likeness (QED) is 0.265. The molecule has 0 heterocycles. The van der Waals surface area contributed by atoms with Gasteiger partial charge in [-0.25, -0.2) is 0 Å². The average molecular weight is 473 g/mol. The lowest BCUT2D eigenvalue weighted by Crippen LogP contribution is -2.54. The van der Waals surface area contributed by atoms with E-state index in [0.717, 1.165) is 48.3 Å². The molecule has 0 radical (unpaired) electrons. The van der Waals surface area contributed by atoms with E-state index in [1.165, 1.54) is 71.1 Å². The molecule has 4 fully saturated rings. The molecule has 0 N–H and O–H groups in total. The van der Waals surface area contributed by atoms with Crippen molar-refractivity contribution < 1.29 is 14.3 Å². The maximum Gasteiger partial charge on any atom is 0.313 e. The first-order valence-corrected chi connectivity index (χ1v) is 14.7. The van der Waals surface area contributed by atoms with Crippen LogP contribution in [0.5, 0.6) is 0 Å². The van der Waals surface area contributed by atoms with Gasteiger partial charge in [0.2, 0.25) is 0 Å². The second kappa shape index (κ2) is 10.3. The Labute approximate surface area is 209 Å². The van der Waals surface area contributed by atoms with Gasteiger partial charge in [0.05, 0.1) is 0 Å². The molecule has 0 aromatic rings. The predicted molar refractivity (Wildman–Crippen MR) is 138 cm³/mol. The summed E-state index contributed by atoms with van der Waals surface area (Å²) >= 11 is 0. The lowest BCUT2D eigenvalue weighted by atomic mass is 9.44. The van der Waals surface area contributed by atoms with E-state index in [9.17, 15) is 9.59 Å². The average Bonchev–Trinajstić information content (AvgIpc) is 3.10. The molecule has 3 heteroatoms. The summed E-state index contributed by atoms with van der Waals surface area (Å²) < 4.78 is 5.75. The number of hydrogen-bond donors (Lipinski definition) is 0.